The van der Waals surface area contributed by atoms with Crippen molar-refractivity contribution >= 4 is 23.6 Å². The number of hydrogen-bond acceptors (Lipinski definition) is 5. The molecule has 1 aliphatic carbocycles. The maximum Gasteiger partial charge on any atom is 0.329 e. The number of amides is 1. The van der Waals surface area contributed by atoms with Crippen LogP contribution in [0.4, 0.5) is 0 Å². The Labute approximate surface area is 158 Å². The van der Waals surface area contributed by atoms with Gasteiger partial charge in [0.2, 0.25) is 0 Å². The lowest BCUT2D eigenvalue weighted by atomic mass is 10.0. The highest BCUT2D eigenvalue weighted by Crippen LogP contribution is 2.37. The minimum atomic E-state index is -0.750. The van der Waals surface area contributed by atoms with Gasteiger partial charge in [-0.05, 0) is 56.7 Å². The zero-order valence-corrected chi connectivity index (χ0v) is 16.4. The third-order valence-electron chi connectivity index (χ3n) is 4.64. The van der Waals surface area contributed by atoms with Gasteiger partial charge in [0.25, 0.3) is 5.91 Å². The summed E-state index contributed by atoms with van der Waals surface area (Å²) in [5.74, 6) is 5.98. The first-order valence-corrected chi connectivity index (χ1v) is 9.71. The SMILES string of the molecule is COC(=O)[C@@H](NC(=O)c1ccc(C#C[C@H]2C[C@@H]2CO)cc1)C(C)(C)SC. The van der Waals surface area contributed by atoms with Crippen molar-refractivity contribution in [3.63, 3.8) is 0 Å². The van der Waals surface area contributed by atoms with E-state index in [1.54, 1.807) is 24.3 Å². The second-order valence-electron chi connectivity index (χ2n) is 6.87. The number of esters is 1. The molecule has 0 saturated heterocycles. The minimum Gasteiger partial charge on any atom is -0.467 e. The highest BCUT2D eigenvalue weighted by atomic mass is 32.2. The molecule has 1 saturated carbocycles. The van der Waals surface area contributed by atoms with Crippen LogP contribution in [0.5, 0.6) is 0 Å². The lowest BCUT2D eigenvalue weighted by Gasteiger charge is -2.31. The van der Waals surface area contributed by atoms with E-state index in [1.165, 1.54) is 18.9 Å². The van der Waals surface area contributed by atoms with Gasteiger partial charge in [0, 0.05) is 28.4 Å². The van der Waals surface area contributed by atoms with E-state index in [1.807, 2.05) is 20.1 Å². The molecule has 1 aliphatic rings. The molecule has 1 fully saturated rings. The summed E-state index contributed by atoms with van der Waals surface area (Å²) < 4.78 is 4.33. The molecule has 1 aromatic carbocycles. The molecular formula is C20H25NO4S. The van der Waals surface area contributed by atoms with Crippen LogP contribution in [0.3, 0.4) is 0 Å². The maximum absolute atomic E-state index is 12.5. The molecule has 1 aromatic rings. The number of ether oxygens (including phenoxy) is 1. The van der Waals surface area contributed by atoms with Crippen molar-refractivity contribution in [2.45, 2.75) is 31.1 Å². The Morgan fingerprint density at radius 3 is 2.54 bits per heavy atom. The fraction of sp³-hybridized carbons (Fsp3) is 0.500. The van der Waals surface area contributed by atoms with Crippen LogP contribution in [-0.4, -0.2) is 47.7 Å². The van der Waals surface area contributed by atoms with E-state index < -0.39 is 16.8 Å². The van der Waals surface area contributed by atoms with E-state index in [4.69, 9.17) is 9.84 Å². The Balaban J connectivity index is 2.05. The molecule has 140 valence electrons. The lowest BCUT2D eigenvalue weighted by molar-refractivity contribution is -0.143. The molecule has 6 heteroatoms. The summed E-state index contributed by atoms with van der Waals surface area (Å²) >= 11 is 1.48. The number of carbonyl (C=O) groups is 2. The van der Waals surface area contributed by atoms with Crippen LogP contribution in [0.15, 0.2) is 24.3 Å². The first kappa shape index (κ1) is 20.3. The van der Waals surface area contributed by atoms with Crippen molar-refractivity contribution in [3.05, 3.63) is 35.4 Å². The summed E-state index contributed by atoms with van der Waals surface area (Å²) in [6, 6.07) is 6.20. The summed E-state index contributed by atoms with van der Waals surface area (Å²) in [5, 5.41) is 11.8. The molecule has 1 amide bonds. The fourth-order valence-corrected chi connectivity index (χ4v) is 2.86. The Kier molecular flexibility index (Phi) is 6.74. The van der Waals surface area contributed by atoms with Crippen LogP contribution >= 0.6 is 11.8 Å². The molecule has 2 N–H and O–H groups in total. The van der Waals surface area contributed by atoms with E-state index in [-0.39, 0.29) is 18.4 Å². The van der Waals surface area contributed by atoms with E-state index >= 15 is 0 Å². The van der Waals surface area contributed by atoms with Crippen molar-refractivity contribution in [3.8, 4) is 11.8 Å². The van der Waals surface area contributed by atoms with Crippen LogP contribution < -0.4 is 5.32 Å². The molecule has 0 radical (unpaired) electrons. The number of nitrogens with one attached hydrogen (secondary N) is 1. The zero-order chi connectivity index (χ0) is 19.3. The topological polar surface area (TPSA) is 75.6 Å². The lowest BCUT2D eigenvalue weighted by Crippen LogP contribution is -2.52. The van der Waals surface area contributed by atoms with E-state index in [9.17, 15) is 9.59 Å². The zero-order valence-electron chi connectivity index (χ0n) is 15.5. The highest BCUT2D eigenvalue weighted by Gasteiger charge is 2.37. The molecule has 0 bridgehead atoms. The van der Waals surface area contributed by atoms with Gasteiger partial charge >= 0.3 is 5.97 Å². The van der Waals surface area contributed by atoms with Gasteiger partial charge < -0.3 is 15.2 Å². The van der Waals surface area contributed by atoms with Crippen LogP contribution in [0, 0.1) is 23.7 Å². The largest absolute Gasteiger partial charge is 0.467 e. The predicted molar refractivity (Wildman–Crippen MR) is 103 cm³/mol. The van der Waals surface area contributed by atoms with Crippen LogP contribution in [-0.2, 0) is 9.53 Å². The van der Waals surface area contributed by atoms with Gasteiger partial charge in [0.1, 0.15) is 6.04 Å². The Bertz CT molecular complexity index is 718. The van der Waals surface area contributed by atoms with Gasteiger partial charge in [-0.3, -0.25) is 4.79 Å². The summed E-state index contributed by atoms with van der Waals surface area (Å²) in [5.41, 5.74) is 1.28. The number of aliphatic hydroxyl groups excluding tert-OH is 1. The summed E-state index contributed by atoms with van der Waals surface area (Å²) in [6.07, 6.45) is 2.83. The Morgan fingerprint density at radius 1 is 1.38 bits per heavy atom. The normalized spacial score (nSPS) is 19.7. The smallest absolute Gasteiger partial charge is 0.329 e. The first-order chi connectivity index (χ1) is 12.3. The molecule has 0 heterocycles. The number of hydrogen-bond donors (Lipinski definition) is 2. The second-order valence-corrected chi connectivity index (χ2v) is 8.33. The maximum atomic E-state index is 12.5. The van der Waals surface area contributed by atoms with E-state index in [2.05, 4.69) is 17.2 Å². The minimum absolute atomic E-state index is 0.187. The van der Waals surface area contributed by atoms with Crippen molar-refractivity contribution in [2.24, 2.45) is 11.8 Å². The number of thioether (sulfide) groups is 1. The molecule has 3 atom stereocenters. The molecule has 5 nitrogen and oxygen atoms in total. The molecule has 0 aromatic heterocycles. The molecule has 26 heavy (non-hydrogen) atoms. The number of methoxy groups -OCH3 is 1. The Hall–Kier alpha value is -1.97. The average molecular weight is 375 g/mol. The van der Waals surface area contributed by atoms with Gasteiger partial charge in [-0.25, -0.2) is 4.79 Å². The second kappa shape index (κ2) is 8.61. The molecule has 2 rings (SSSR count). The quantitative estimate of drug-likeness (QED) is 0.588. The Morgan fingerprint density at radius 2 is 2.04 bits per heavy atom. The summed E-state index contributed by atoms with van der Waals surface area (Å²) in [4.78, 5) is 24.6. The van der Waals surface area contributed by atoms with Gasteiger partial charge in [-0.1, -0.05) is 11.8 Å². The molecule has 0 aliphatic heterocycles. The van der Waals surface area contributed by atoms with Gasteiger partial charge in [-0.15, -0.1) is 0 Å². The molecular weight excluding hydrogens is 350 g/mol. The number of benzene rings is 1. The highest BCUT2D eigenvalue weighted by molar-refractivity contribution is 8.00. The summed E-state index contributed by atoms with van der Waals surface area (Å²) in [6.45, 7) is 3.96. The van der Waals surface area contributed by atoms with Gasteiger partial charge in [0.15, 0.2) is 0 Å². The fourth-order valence-electron chi connectivity index (χ4n) is 2.47. The number of carbonyl (C=O) groups excluding carboxylic acids is 2. The van der Waals surface area contributed by atoms with Crippen LogP contribution in [0.2, 0.25) is 0 Å². The monoisotopic (exact) mass is 375 g/mol. The summed E-state index contributed by atoms with van der Waals surface area (Å²) in [7, 11) is 1.31. The standard InChI is InChI=1S/C20H25NO4S/c1-20(2,26-4)17(19(24)25-3)21-18(23)14-8-5-13(6-9-14)7-10-15-11-16(15)12-22/h5-6,8-9,15-17,22H,11-12H2,1-4H3,(H,21,23)/t15-,16+,17+/m0/s1. The van der Waals surface area contributed by atoms with Crippen molar-refractivity contribution in [1.82, 2.24) is 5.32 Å². The number of aliphatic hydroxyl groups is 1. The number of rotatable bonds is 6. The third-order valence-corrected chi connectivity index (χ3v) is 5.93. The van der Waals surface area contributed by atoms with Crippen molar-refractivity contribution in [1.29, 1.82) is 0 Å². The molecule has 0 spiro atoms. The van der Waals surface area contributed by atoms with Gasteiger partial charge in [-0.2, -0.15) is 11.8 Å². The van der Waals surface area contributed by atoms with Crippen molar-refractivity contribution < 1.29 is 19.4 Å². The van der Waals surface area contributed by atoms with Gasteiger partial charge in [0.05, 0.1) is 7.11 Å². The predicted octanol–water partition coefficient (Wildman–Crippen LogP) is 2.08. The van der Waals surface area contributed by atoms with E-state index in [0.29, 0.717) is 11.5 Å². The van der Waals surface area contributed by atoms with E-state index in [0.717, 1.165) is 12.0 Å². The van der Waals surface area contributed by atoms with Crippen LogP contribution in [0.1, 0.15) is 36.2 Å². The third kappa shape index (κ3) is 5.03. The van der Waals surface area contributed by atoms with Crippen LogP contribution in [0.25, 0.3) is 0 Å². The first-order valence-electron chi connectivity index (χ1n) is 8.48. The average Bonchev–Trinajstić information content (AvgIpc) is 3.42. The molecule has 0 unspecified atom stereocenters. The van der Waals surface area contributed by atoms with Crippen molar-refractivity contribution in [2.75, 3.05) is 20.0 Å².